The van der Waals surface area contributed by atoms with Crippen LogP contribution in [0.4, 0.5) is 5.82 Å². The lowest BCUT2D eigenvalue weighted by molar-refractivity contribution is 0.00420. The number of esters is 1. The fraction of sp³-hybridized carbons (Fsp3) is 0.636. The van der Waals surface area contributed by atoms with Gasteiger partial charge in [-0.25, -0.2) is 4.79 Å². The van der Waals surface area contributed by atoms with Crippen LogP contribution in [0.15, 0.2) is 6.07 Å². The molecule has 1 aliphatic carbocycles. The highest BCUT2D eigenvalue weighted by atomic mass is 16.5. The van der Waals surface area contributed by atoms with E-state index in [0.717, 1.165) is 19.3 Å². The number of carbonyl (C=O) groups is 1. The number of anilines is 1. The Balaban J connectivity index is 1.96. The summed E-state index contributed by atoms with van der Waals surface area (Å²) in [6.07, 6.45) is 4.48. The highest BCUT2D eigenvalue weighted by Gasteiger charge is 2.25. The molecule has 1 aromatic heterocycles. The first-order chi connectivity index (χ1) is 7.66. The zero-order valence-electron chi connectivity index (χ0n) is 9.40. The first-order valence-electron chi connectivity index (χ1n) is 5.68. The molecule has 2 unspecified atom stereocenters. The van der Waals surface area contributed by atoms with Crippen molar-refractivity contribution in [2.24, 2.45) is 5.92 Å². The molecular formula is C11H17N3O2. The molecule has 0 radical (unpaired) electrons. The third kappa shape index (κ3) is 2.35. The predicted molar refractivity (Wildman–Crippen MR) is 59.8 cm³/mol. The van der Waals surface area contributed by atoms with E-state index in [0.29, 0.717) is 17.4 Å². The molecule has 1 aromatic rings. The van der Waals surface area contributed by atoms with E-state index in [1.165, 1.54) is 12.5 Å². The van der Waals surface area contributed by atoms with Crippen LogP contribution in [0.1, 0.15) is 43.1 Å². The minimum absolute atomic E-state index is 0.0331. The fourth-order valence-corrected chi connectivity index (χ4v) is 2.10. The quantitative estimate of drug-likeness (QED) is 0.748. The molecule has 3 N–H and O–H groups in total. The van der Waals surface area contributed by atoms with Gasteiger partial charge in [0.25, 0.3) is 0 Å². The highest BCUT2D eigenvalue weighted by Crippen LogP contribution is 2.26. The van der Waals surface area contributed by atoms with Crippen LogP contribution < -0.4 is 5.73 Å². The number of hydrogen-bond donors (Lipinski definition) is 2. The maximum absolute atomic E-state index is 11.7. The molecule has 0 saturated heterocycles. The Labute approximate surface area is 94.4 Å². The Bertz CT molecular complexity index is 375. The van der Waals surface area contributed by atoms with Crippen molar-refractivity contribution >= 4 is 11.8 Å². The summed E-state index contributed by atoms with van der Waals surface area (Å²) < 4.78 is 5.44. The molecule has 0 aliphatic heterocycles. The topological polar surface area (TPSA) is 81.0 Å². The number of nitrogen functional groups attached to an aromatic ring is 1. The smallest absolute Gasteiger partial charge is 0.356 e. The van der Waals surface area contributed by atoms with Crippen LogP contribution in [0.25, 0.3) is 0 Å². The Morgan fingerprint density at radius 3 is 2.94 bits per heavy atom. The van der Waals surface area contributed by atoms with Crippen molar-refractivity contribution < 1.29 is 9.53 Å². The van der Waals surface area contributed by atoms with Gasteiger partial charge >= 0.3 is 5.97 Å². The summed E-state index contributed by atoms with van der Waals surface area (Å²) in [6, 6.07) is 1.50. The molecule has 1 fully saturated rings. The second-order valence-corrected chi connectivity index (χ2v) is 4.41. The van der Waals surface area contributed by atoms with E-state index in [1.807, 2.05) is 0 Å². The van der Waals surface area contributed by atoms with Crippen molar-refractivity contribution in [2.75, 3.05) is 5.73 Å². The minimum Gasteiger partial charge on any atom is -0.457 e. The van der Waals surface area contributed by atoms with Crippen molar-refractivity contribution in [3.8, 4) is 0 Å². The summed E-state index contributed by atoms with van der Waals surface area (Å²) in [5, 5.41) is 6.26. The summed E-state index contributed by atoms with van der Waals surface area (Å²) in [6.45, 7) is 2.12. The molecule has 1 heterocycles. The van der Waals surface area contributed by atoms with Gasteiger partial charge in [0.1, 0.15) is 17.6 Å². The lowest BCUT2D eigenvalue weighted by Gasteiger charge is -2.28. The highest BCUT2D eigenvalue weighted by molar-refractivity contribution is 5.88. The summed E-state index contributed by atoms with van der Waals surface area (Å²) in [4.78, 5) is 11.7. The number of H-pyrrole nitrogens is 1. The number of rotatable bonds is 2. The maximum atomic E-state index is 11.7. The van der Waals surface area contributed by atoms with Crippen LogP contribution in [0.3, 0.4) is 0 Å². The van der Waals surface area contributed by atoms with Gasteiger partial charge in [-0.3, -0.25) is 5.10 Å². The molecular weight excluding hydrogens is 206 g/mol. The SMILES string of the molecule is CC1CCCCC1OC(=O)c1cc(N)n[nH]1. The Morgan fingerprint density at radius 2 is 2.31 bits per heavy atom. The molecule has 0 spiro atoms. The molecule has 2 rings (SSSR count). The predicted octanol–water partition coefficient (Wildman–Crippen LogP) is 1.73. The standard InChI is InChI=1S/C11H17N3O2/c1-7-4-2-3-5-9(7)16-11(15)8-6-10(12)14-13-8/h6-7,9H,2-5H2,1H3,(H3,12,13,14). The fourth-order valence-electron chi connectivity index (χ4n) is 2.10. The molecule has 1 saturated carbocycles. The van der Waals surface area contributed by atoms with Crippen molar-refractivity contribution in [2.45, 2.75) is 38.7 Å². The number of nitrogens with zero attached hydrogens (tertiary/aromatic N) is 1. The molecule has 1 aliphatic rings. The van der Waals surface area contributed by atoms with Crippen molar-refractivity contribution in [1.29, 1.82) is 0 Å². The number of ether oxygens (including phenoxy) is 1. The molecule has 88 valence electrons. The van der Waals surface area contributed by atoms with Gasteiger partial charge in [0, 0.05) is 6.07 Å². The number of nitrogens with one attached hydrogen (secondary N) is 1. The molecule has 5 heteroatoms. The number of carbonyl (C=O) groups excluding carboxylic acids is 1. The number of aromatic nitrogens is 2. The number of aromatic amines is 1. The zero-order chi connectivity index (χ0) is 11.5. The van der Waals surface area contributed by atoms with Crippen LogP contribution in [0.2, 0.25) is 0 Å². The lowest BCUT2D eigenvalue weighted by atomic mass is 9.88. The molecule has 0 aromatic carbocycles. The van der Waals surface area contributed by atoms with E-state index in [2.05, 4.69) is 17.1 Å². The van der Waals surface area contributed by atoms with Gasteiger partial charge in [-0.1, -0.05) is 13.3 Å². The Hall–Kier alpha value is -1.52. The number of hydrogen-bond acceptors (Lipinski definition) is 4. The maximum Gasteiger partial charge on any atom is 0.356 e. The molecule has 0 amide bonds. The lowest BCUT2D eigenvalue weighted by Crippen LogP contribution is -2.28. The zero-order valence-corrected chi connectivity index (χ0v) is 9.40. The normalized spacial score (nSPS) is 25.3. The van der Waals surface area contributed by atoms with Crippen LogP contribution in [-0.2, 0) is 4.74 Å². The summed E-state index contributed by atoms with van der Waals surface area (Å²) in [5.41, 5.74) is 5.76. The van der Waals surface area contributed by atoms with E-state index in [-0.39, 0.29) is 12.1 Å². The van der Waals surface area contributed by atoms with Crippen molar-refractivity contribution in [3.05, 3.63) is 11.8 Å². The van der Waals surface area contributed by atoms with Crippen LogP contribution in [0, 0.1) is 5.92 Å². The second kappa shape index (κ2) is 4.55. The largest absolute Gasteiger partial charge is 0.457 e. The first kappa shape index (κ1) is 11.0. The van der Waals surface area contributed by atoms with Gasteiger partial charge in [0.2, 0.25) is 0 Å². The molecule has 2 atom stereocenters. The second-order valence-electron chi connectivity index (χ2n) is 4.41. The van der Waals surface area contributed by atoms with Gasteiger partial charge in [-0.05, 0) is 25.2 Å². The molecule has 5 nitrogen and oxygen atoms in total. The summed E-state index contributed by atoms with van der Waals surface area (Å²) in [7, 11) is 0. The first-order valence-corrected chi connectivity index (χ1v) is 5.68. The van der Waals surface area contributed by atoms with E-state index in [4.69, 9.17) is 10.5 Å². The molecule has 0 bridgehead atoms. The van der Waals surface area contributed by atoms with E-state index in [1.54, 1.807) is 0 Å². The summed E-state index contributed by atoms with van der Waals surface area (Å²) >= 11 is 0. The average molecular weight is 223 g/mol. The van der Waals surface area contributed by atoms with Gasteiger partial charge in [0.15, 0.2) is 0 Å². The third-order valence-corrected chi connectivity index (χ3v) is 3.11. The monoisotopic (exact) mass is 223 g/mol. The van der Waals surface area contributed by atoms with E-state index in [9.17, 15) is 4.79 Å². The number of nitrogens with two attached hydrogens (primary N) is 1. The van der Waals surface area contributed by atoms with Crippen molar-refractivity contribution in [1.82, 2.24) is 10.2 Å². The van der Waals surface area contributed by atoms with E-state index >= 15 is 0 Å². The van der Waals surface area contributed by atoms with Gasteiger partial charge < -0.3 is 10.5 Å². The van der Waals surface area contributed by atoms with Gasteiger partial charge in [-0.15, -0.1) is 0 Å². The minimum atomic E-state index is -0.358. The summed E-state index contributed by atoms with van der Waals surface area (Å²) in [5.74, 6) is 0.393. The third-order valence-electron chi connectivity index (χ3n) is 3.11. The van der Waals surface area contributed by atoms with Crippen LogP contribution in [0.5, 0.6) is 0 Å². The van der Waals surface area contributed by atoms with E-state index < -0.39 is 0 Å². The van der Waals surface area contributed by atoms with Gasteiger partial charge in [0.05, 0.1) is 0 Å². The average Bonchev–Trinajstić information content (AvgIpc) is 2.68. The Morgan fingerprint density at radius 1 is 1.56 bits per heavy atom. The van der Waals surface area contributed by atoms with Gasteiger partial charge in [-0.2, -0.15) is 5.10 Å². The molecule has 16 heavy (non-hydrogen) atoms. The van der Waals surface area contributed by atoms with Crippen LogP contribution in [-0.4, -0.2) is 22.3 Å². The van der Waals surface area contributed by atoms with Crippen molar-refractivity contribution in [3.63, 3.8) is 0 Å². The Kier molecular flexibility index (Phi) is 3.12. The van der Waals surface area contributed by atoms with Crippen LogP contribution >= 0.6 is 0 Å².